The summed E-state index contributed by atoms with van der Waals surface area (Å²) in [6.07, 6.45) is 0. The Morgan fingerprint density at radius 1 is 0.221 bits per heavy atom. The topological polar surface area (TPSA) is 12.9 Å². The van der Waals surface area contributed by atoms with Gasteiger partial charge in [0.05, 0.1) is 11.2 Å². The maximum absolute atomic E-state index is 5.79. The summed E-state index contributed by atoms with van der Waals surface area (Å²) in [4.78, 5) is 5.79. The fourth-order valence-corrected chi connectivity index (χ4v) is 12.0. The average molecular weight is 858 g/mol. The summed E-state index contributed by atoms with van der Waals surface area (Å²) >= 11 is 0. The number of nitrogens with zero attached hydrogens (tertiary/aromatic N) is 1. The third-order valence-electron chi connectivity index (χ3n) is 14.9. The molecule has 15 rings (SSSR count). The predicted octanol–water partition coefficient (Wildman–Crippen LogP) is 18.7. The van der Waals surface area contributed by atoms with Gasteiger partial charge in [-0.15, -0.1) is 0 Å². The smallest absolute Gasteiger partial charge is 0.0787 e. The minimum atomic E-state index is 0.970. The molecule has 1 heterocycles. The molecule has 0 atom stereocenters. The fourth-order valence-electron chi connectivity index (χ4n) is 12.0. The van der Waals surface area contributed by atoms with Crippen LogP contribution in [0.5, 0.6) is 0 Å². The molecule has 14 aromatic carbocycles. The SMILES string of the molecule is c1ccc(-c2ccc3c4c(-c5ccc6ccc7ccccc7c6n5)c5cc6ccccc6cc5c(-c5cc6ccccc6c6ccccc56)c4c4ccc(-c5ccccc5)c5ccc2c3c54)cc1. The Morgan fingerprint density at radius 2 is 0.691 bits per heavy atom. The predicted molar refractivity (Wildman–Crippen MR) is 292 cm³/mol. The first-order valence-corrected chi connectivity index (χ1v) is 23.6. The van der Waals surface area contributed by atoms with E-state index in [1.54, 1.807) is 0 Å². The van der Waals surface area contributed by atoms with Gasteiger partial charge in [-0.25, -0.2) is 4.98 Å². The van der Waals surface area contributed by atoms with Gasteiger partial charge in [0, 0.05) is 21.7 Å². The van der Waals surface area contributed by atoms with Crippen molar-refractivity contribution in [3.05, 3.63) is 237 Å². The lowest BCUT2D eigenvalue weighted by Crippen LogP contribution is -1.98. The highest BCUT2D eigenvalue weighted by atomic mass is 14.7. The number of benzene rings is 14. The molecule has 0 aliphatic rings. The molecule has 312 valence electrons. The number of hydrogen-bond donors (Lipinski definition) is 0. The van der Waals surface area contributed by atoms with Crippen LogP contribution in [-0.2, 0) is 0 Å². The monoisotopic (exact) mass is 857 g/mol. The molecule has 0 radical (unpaired) electrons. The van der Waals surface area contributed by atoms with E-state index in [-0.39, 0.29) is 0 Å². The zero-order chi connectivity index (χ0) is 44.5. The Labute approximate surface area is 392 Å². The molecule has 0 saturated heterocycles. The summed E-state index contributed by atoms with van der Waals surface area (Å²) < 4.78 is 0. The normalized spacial score (nSPS) is 12.1. The van der Waals surface area contributed by atoms with Crippen molar-refractivity contribution in [1.29, 1.82) is 0 Å². The molecule has 0 bridgehead atoms. The molecular formula is C67H39N. The lowest BCUT2D eigenvalue weighted by Gasteiger charge is -2.25. The summed E-state index contributed by atoms with van der Waals surface area (Å²) in [5.74, 6) is 0. The summed E-state index contributed by atoms with van der Waals surface area (Å²) in [5, 5.41) is 23.3. The van der Waals surface area contributed by atoms with Crippen LogP contribution in [0.1, 0.15) is 0 Å². The second-order valence-electron chi connectivity index (χ2n) is 18.5. The lowest BCUT2D eigenvalue weighted by atomic mass is 9.78. The first-order chi connectivity index (χ1) is 33.7. The van der Waals surface area contributed by atoms with Crippen LogP contribution < -0.4 is 0 Å². The summed E-state index contributed by atoms with van der Waals surface area (Å²) in [6, 6.07) is 88.0. The second kappa shape index (κ2) is 14.3. The molecule has 15 aromatic rings. The van der Waals surface area contributed by atoms with Gasteiger partial charge in [-0.1, -0.05) is 212 Å². The van der Waals surface area contributed by atoms with Gasteiger partial charge in [-0.2, -0.15) is 0 Å². The van der Waals surface area contributed by atoms with Crippen molar-refractivity contribution in [2.75, 3.05) is 0 Å². The van der Waals surface area contributed by atoms with Crippen LogP contribution in [0.15, 0.2) is 237 Å². The summed E-state index contributed by atoms with van der Waals surface area (Å²) in [5.41, 5.74) is 10.5. The molecule has 0 aliphatic carbocycles. The third kappa shape index (κ3) is 5.30. The maximum Gasteiger partial charge on any atom is 0.0787 e. The van der Waals surface area contributed by atoms with Gasteiger partial charge in [0.25, 0.3) is 0 Å². The standard InChI is InChI=1S/C67H39N/c1-3-15-40(16-4-1)48-30-34-55-61-53(48)32-33-54-49(41-17-5-2-6-18-41)31-35-56(62(54)61)66-64(60-36-29-43-28-27-42-19-9-12-24-50(42)67(43)68-60)59-38-45-21-8-7-20-44(45)37-58(59)63(65(55)66)57-39-46-22-10-11-23-47(46)51-25-13-14-26-52(51)57/h1-39H. The van der Waals surface area contributed by atoms with Gasteiger partial charge in [-0.05, 0) is 144 Å². The summed E-state index contributed by atoms with van der Waals surface area (Å²) in [7, 11) is 0. The van der Waals surface area contributed by atoms with Crippen molar-refractivity contribution in [2.24, 2.45) is 0 Å². The zero-order valence-electron chi connectivity index (χ0n) is 37.0. The molecule has 1 heteroatoms. The van der Waals surface area contributed by atoms with E-state index in [9.17, 15) is 0 Å². The molecule has 0 unspecified atom stereocenters. The molecule has 0 amide bonds. The van der Waals surface area contributed by atoms with Gasteiger partial charge < -0.3 is 0 Å². The van der Waals surface area contributed by atoms with Gasteiger partial charge in [0.15, 0.2) is 0 Å². The van der Waals surface area contributed by atoms with E-state index >= 15 is 0 Å². The molecule has 0 aliphatic heterocycles. The highest BCUT2D eigenvalue weighted by molar-refractivity contribution is 6.43. The van der Waals surface area contributed by atoms with Crippen molar-refractivity contribution in [2.45, 2.75) is 0 Å². The molecular weight excluding hydrogens is 819 g/mol. The Hall–Kier alpha value is -8.91. The molecule has 68 heavy (non-hydrogen) atoms. The highest BCUT2D eigenvalue weighted by Crippen LogP contribution is 2.55. The molecule has 1 aromatic heterocycles. The Bertz CT molecular complexity index is 4590. The van der Waals surface area contributed by atoms with E-state index in [2.05, 4.69) is 237 Å². The van der Waals surface area contributed by atoms with Crippen molar-refractivity contribution in [1.82, 2.24) is 4.98 Å². The molecule has 1 nitrogen and oxygen atoms in total. The van der Waals surface area contributed by atoms with E-state index in [0.29, 0.717) is 0 Å². The van der Waals surface area contributed by atoms with Crippen LogP contribution in [0.4, 0.5) is 0 Å². The van der Waals surface area contributed by atoms with Crippen molar-refractivity contribution >= 4 is 108 Å². The van der Waals surface area contributed by atoms with Gasteiger partial charge >= 0.3 is 0 Å². The number of hydrogen-bond acceptors (Lipinski definition) is 1. The largest absolute Gasteiger partial charge is 0.247 e. The van der Waals surface area contributed by atoms with Gasteiger partial charge in [0.2, 0.25) is 0 Å². The van der Waals surface area contributed by atoms with Crippen molar-refractivity contribution in [3.8, 4) is 44.6 Å². The van der Waals surface area contributed by atoms with E-state index in [4.69, 9.17) is 4.98 Å². The zero-order valence-corrected chi connectivity index (χ0v) is 37.0. The van der Waals surface area contributed by atoms with Crippen molar-refractivity contribution < 1.29 is 0 Å². The fraction of sp³-hybridized carbons (Fsp3) is 0. The van der Waals surface area contributed by atoms with Crippen LogP contribution in [0, 0.1) is 0 Å². The Morgan fingerprint density at radius 3 is 1.34 bits per heavy atom. The van der Waals surface area contributed by atoms with E-state index < -0.39 is 0 Å². The Kier molecular flexibility index (Phi) is 7.85. The first kappa shape index (κ1) is 37.3. The van der Waals surface area contributed by atoms with Crippen LogP contribution in [0.25, 0.3) is 152 Å². The minimum Gasteiger partial charge on any atom is -0.247 e. The molecule has 0 N–H and O–H groups in total. The Balaban J connectivity index is 1.25. The van der Waals surface area contributed by atoms with Crippen LogP contribution in [0.2, 0.25) is 0 Å². The van der Waals surface area contributed by atoms with E-state index in [1.807, 2.05) is 0 Å². The van der Waals surface area contributed by atoms with Crippen LogP contribution in [-0.4, -0.2) is 4.98 Å². The third-order valence-corrected chi connectivity index (χ3v) is 14.9. The average Bonchev–Trinajstić information content (AvgIpc) is 3.41. The number of rotatable bonds is 4. The number of aromatic nitrogens is 1. The highest BCUT2D eigenvalue weighted by Gasteiger charge is 2.27. The maximum atomic E-state index is 5.79. The second-order valence-corrected chi connectivity index (χ2v) is 18.5. The summed E-state index contributed by atoms with van der Waals surface area (Å²) in [6.45, 7) is 0. The number of fused-ring (bicyclic) bond motifs is 11. The van der Waals surface area contributed by atoms with E-state index in [0.717, 1.165) is 27.5 Å². The quantitative estimate of drug-likeness (QED) is 0.127. The molecule has 0 saturated carbocycles. The van der Waals surface area contributed by atoms with Crippen LogP contribution >= 0.6 is 0 Å². The molecule has 0 spiro atoms. The van der Waals surface area contributed by atoms with Gasteiger partial charge in [0.1, 0.15) is 0 Å². The lowest BCUT2D eigenvalue weighted by molar-refractivity contribution is 1.43. The minimum absolute atomic E-state index is 0.970. The molecule has 0 fully saturated rings. The number of pyridine rings is 1. The first-order valence-electron chi connectivity index (χ1n) is 23.6. The van der Waals surface area contributed by atoms with Crippen LogP contribution in [0.3, 0.4) is 0 Å². The van der Waals surface area contributed by atoms with Crippen molar-refractivity contribution in [3.63, 3.8) is 0 Å². The van der Waals surface area contributed by atoms with E-state index in [1.165, 1.54) is 125 Å². The van der Waals surface area contributed by atoms with Gasteiger partial charge in [-0.3, -0.25) is 0 Å².